The van der Waals surface area contributed by atoms with E-state index >= 15 is 0 Å². The van der Waals surface area contributed by atoms with Crippen molar-refractivity contribution in [1.29, 1.82) is 0 Å². The number of rotatable bonds is 10. The number of benzene rings is 2. The lowest BCUT2D eigenvalue weighted by Gasteiger charge is -2.53. The average molecular weight is 687 g/mol. The molecule has 4 fully saturated rings. The van der Waals surface area contributed by atoms with Crippen LogP contribution in [0.3, 0.4) is 0 Å². The quantitative estimate of drug-likeness (QED) is 0.166. The van der Waals surface area contributed by atoms with Gasteiger partial charge in [0.25, 0.3) is 5.91 Å². The van der Waals surface area contributed by atoms with Crippen LogP contribution in [0.25, 0.3) is 22.2 Å². The Morgan fingerprint density at radius 2 is 1.76 bits per heavy atom. The fraction of sp³-hybridized carbons (Fsp3) is 0.525. The van der Waals surface area contributed by atoms with Gasteiger partial charge in [-0.2, -0.15) is 13.2 Å². The zero-order valence-electron chi connectivity index (χ0n) is 28.9. The third kappa shape index (κ3) is 6.23. The van der Waals surface area contributed by atoms with Gasteiger partial charge in [-0.05, 0) is 114 Å². The molecule has 264 valence electrons. The molecule has 10 heteroatoms. The highest BCUT2D eigenvalue weighted by atomic mass is 19.4. The van der Waals surface area contributed by atoms with Gasteiger partial charge in [0.15, 0.2) is 0 Å². The molecule has 1 amide bonds. The summed E-state index contributed by atoms with van der Waals surface area (Å²) in [6, 6.07) is 13.9. The first kappa shape index (κ1) is 33.1. The summed E-state index contributed by atoms with van der Waals surface area (Å²) in [5.41, 5.74) is 3.31. The molecular formula is C40H45F3N4O3. The Kier molecular flexibility index (Phi) is 8.54. The van der Waals surface area contributed by atoms with E-state index in [1.165, 1.54) is 12.1 Å². The van der Waals surface area contributed by atoms with Crippen molar-refractivity contribution in [1.82, 2.24) is 15.0 Å². The molecule has 3 aliphatic carbocycles. The van der Waals surface area contributed by atoms with Crippen LogP contribution in [0.4, 0.5) is 18.9 Å². The number of pyridine rings is 1. The fourth-order valence-electron chi connectivity index (χ4n) is 8.51. The lowest BCUT2D eigenvalue weighted by molar-refractivity contribution is -0.137. The largest absolute Gasteiger partial charge is 0.490 e. The van der Waals surface area contributed by atoms with Gasteiger partial charge in [-0.25, -0.2) is 4.98 Å². The van der Waals surface area contributed by atoms with Gasteiger partial charge >= 0.3 is 6.18 Å². The van der Waals surface area contributed by atoms with Gasteiger partial charge in [-0.15, -0.1) is 0 Å². The molecule has 0 N–H and O–H groups in total. The minimum atomic E-state index is -4.46. The van der Waals surface area contributed by atoms with Crippen molar-refractivity contribution >= 4 is 22.5 Å². The van der Waals surface area contributed by atoms with Crippen LogP contribution in [0.1, 0.15) is 105 Å². The van der Waals surface area contributed by atoms with Crippen molar-refractivity contribution in [2.24, 2.45) is 11.3 Å². The van der Waals surface area contributed by atoms with Gasteiger partial charge in [-0.1, -0.05) is 23.4 Å². The van der Waals surface area contributed by atoms with Crippen LogP contribution in [-0.4, -0.2) is 53.2 Å². The number of aromatic nitrogens is 2. The van der Waals surface area contributed by atoms with Crippen molar-refractivity contribution in [3.63, 3.8) is 0 Å². The zero-order valence-corrected chi connectivity index (χ0v) is 28.9. The number of halogens is 3. The first-order chi connectivity index (χ1) is 24.1. The average Bonchev–Trinajstić information content (AvgIpc) is 3.85. The van der Waals surface area contributed by atoms with Crippen molar-refractivity contribution in [2.45, 2.75) is 96.3 Å². The SMILES string of the molecule is CCN(CC)C(=O)c1cc(OC2CCC2)c2cc(N3CCC4(CC3)CC(Cc3c(-c5ccccc5C(F)(F)F)noc3C3CC3)C4)ccc2n1. The first-order valence-electron chi connectivity index (χ1n) is 18.5. The number of carbonyl (C=O) groups is 1. The molecule has 1 saturated heterocycles. The van der Waals surface area contributed by atoms with E-state index in [9.17, 15) is 18.0 Å². The molecule has 0 atom stereocenters. The van der Waals surface area contributed by atoms with Crippen LogP contribution in [-0.2, 0) is 12.6 Å². The summed E-state index contributed by atoms with van der Waals surface area (Å²) < 4.78 is 54.1. The molecule has 8 rings (SSSR count). The molecule has 3 heterocycles. The summed E-state index contributed by atoms with van der Waals surface area (Å²) in [6.07, 6.45) is 5.94. The number of carbonyl (C=O) groups excluding carboxylic acids is 1. The predicted octanol–water partition coefficient (Wildman–Crippen LogP) is 9.44. The van der Waals surface area contributed by atoms with E-state index in [1.54, 1.807) is 11.0 Å². The highest BCUT2D eigenvalue weighted by Crippen LogP contribution is 2.55. The maximum Gasteiger partial charge on any atom is 0.417 e. The first-order valence-corrected chi connectivity index (χ1v) is 18.5. The minimum Gasteiger partial charge on any atom is -0.490 e. The molecule has 4 aromatic rings. The Balaban J connectivity index is 0.966. The summed E-state index contributed by atoms with van der Waals surface area (Å²) in [4.78, 5) is 22.2. The lowest BCUT2D eigenvalue weighted by atomic mass is 9.56. The van der Waals surface area contributed by atoms with Gasteiger partial charge < -0.3 is 19.1 Å². The van der Waals surface area contributed by atoms with Crippen molar-refractivity contribution < 1.29 is 27.2 Å². The smallest absolute Gasteiger partial charge is 0.417 e. The van der Waals surface area contributed by atoms with Gasteiger partial charge in [0.1, 0.15) is 22.9 Å². The van der Waals surface area contributed by atoms with Crippen LogP contribution in [0.2, 0.25) is 0 Å². The Bertz CT molecular complexity index is 1880. The monoisotopic (exact) mass is 686 g/mol. The minimum absolute atomic E-state index is 0.0743. The number of hydrogen-bond acceptors (Lipinski definition) is 6. The van der Waals surface area contributed by atoms with E-state index in [4.69, 9.17) is 14.2 Å². The molecule has 0 bridgehead atoms. The number of nitrogens with zero attached hydrogens (tertiary/aromatic N) is 4. The highest BCUT2D eigenvalue weighted by Gasteiger charge is 2.47. The summed E-state index contributed by atoms with van der Waals surface area (Å²) in [6.45, 7) is 7.09. The molecule has 1 spiro atoms. The summed E-state index contributed by atoms with van der Waals surface area (Å²) in [5.74, 6) is 2.14. The Morgan fingerprint density at radius 1 is 1.02 bits per heavy atom. The third-order valence-corrected chi connectivity index (χ3v) is 11.7. The second kappa shape index (κ2) is 12.9. The Morgan fingerprint density at radius 3 is 2.42 bits per heavy atom. The molecule has 2 aromatic carbocycles. The second-order valence-electron chi connectivity index (χ2n) is 15.0. The molecule has 7 nitrogen and oxygen atoms in total. The molecule has 0 radical (unpaired) electrons. The van der Waals surface area contributed by atoms with Gasteiger partial charge in [0, 0.05) is 60.4 Å². The maximum absolute atomic E-state index is 14.0. The number of anilines is 1. The summed E-state index contributed by atoms with van der Waals surface area (Å²) in [5, 5.41) is 5.19. The number of amides is 1. The van der Waals surface area contributed by atoms with Crippen molar-refractivity contribution in [3.05, 3.63) is 71.1 Å². The number of fused-ring (bicyclic) bond motifs is 1. The van der Waals surface area contributed by atoms with Crippen molar-refractivity contribution in [3.8, 4) is 17.0 Å². The van der Waals surface area contributed by atoms with Crippen LogP contribution >= 0.6 is 0 Å². The van der Waals surface area contributed by atoms with Crippen molar-refractivity contribution in [2.75, 3.05) is 31.1 Å². The zero-order chi connectivity index (χ0) is 34.6. The number of hydrogen-bond donors (Lipinski definition) is 0. The van der Waals surface area contributed by atoms with E-state index in [-0.39, 0.29) is 28.9 Å². The Hall–Kier alpha value is -4.08. The number of piperidine rings is 1. The van der Waals surface area contributed by atoms with E-state index in [2.05, 4.69) is 22.2 Å². The standard InChI is InChI=1S/C40H45F3N4O3/c1-3-46(4-2)38(48)34-22-35(49-28-8-7-9-28)30-21-27(14-15-33(30)44-34)47-18-16-39(17-19-47)23-25(24-39)20-31-36(45-50-37(31)26-12-13-26)29-10-5-6-11-32(29)40(41,42)43/h5-6,10-11,14-15,21-22,25-26,28H,3-4,7-9,12-13,16-20,23-24H2,1-2H3. The van der Waals surface area contributed by atoms with Crippen LogP contribution in [0.5, 0.6) is 5.75 Å². The molecule has 0 unspecified atom stereocenters. The normalized spacial score (nSPS) is 19.4. The van der Waals surface area contributed by atoms with Crippen LogP contribution in [0.15, 0.2) is 53.1 Å². The second-order valence-corrected chi connectivity index (χ2v) is 15.0. The predicted molar refractivity (Wildman–Crippen MR) is 186 cm³/mol. The fourth-order valence-corrected chi connectivity index (χ4v) is 8.51. The highest BCUT2D eigenvalue weighted by molar-refractivity contribution is 5.98. The molecule has 3 saturated carbocycles. The van der Waals surface area contributed by atoms with Gasteiger partial charge in [0.05, 0.1) is 17.2 Å². The van der Waals surface area contributed by atoms with E-state index in [0.717, 1.165) is 111 Å². The molecule has 4 aliphatic rings. The molecular weight excluding hydrogens is 641 g/mol. The van der Waals surface area contributed by atoms with E-state index in [0.29, 0.717) is 36.8 Å². The lowest BCUT2D eigenvalue weighted by Crippen LogP contribution is -2.47. The topological polar surface area (TPSA) is 71.7 Å². The third-order valence-electron chi connectivity index (χ3n) is 11.7. The Labute approximate surface area is 291 Å². The molecule has 50 heavy (non-hydrogen) atoms. The molecule has 1 aliphatic heterocycles. The van der Waals surface area contributed by atoms with Crippen LogP contribution in [0, 0.1) is 11.3 Å². The van der Waals surface area contributed by atoms with Crippen LogP contribution < -0.4 is 9.64 Å². The number of alkyl halides is 3. The van der Waals surface area contributed by atoms with Gasteiger partial charge in [0.2, 0.25) is 0 Å². The van der Waals surface area contributed by atoms with E-state index < -0.39 is 11.7 Å². The summed E-state index contributed by atoms with van der Waals surface area (Å²) in [7, 11) is 0. The maximum atomic E-state index is 14.0. The van der Waals surface area contributed by atoms with Gasteiger partial charge in [-0.3, -0.25) is 4.79 Å². The van der Waals surface area contributed by atoms with E-state index in [1.807, 2.05) is 26.0 Å². The molecule has 2 aromatic heterocycles. The summed E-state index contributed by atoms with van der Waals surface area (Å²) >= 11 is 0. The number of ether oxygens (including phenoxy) is 1.